The summed E-state index contributed by atoms with van der Waals surface area (Å²) in [6.07, 6.45) is -6.68. The quantitative estimate of drug-likeness (QED) is 0.149. The van der Waals surface area contributed by atoms with Crippen LogP contribution in [0, 0.1) is 41.7 Å². The van der Waals surface area contributed by atoms with Gasteiger partial charge in [-0.15, -0.1) is 0 Å². The Bertz CT molecular complexity index is 765. The van der Waals surface area contributed by atoms with Crippen molar-refractivity contribution in [1.29, 1.82) is 3.91 Å². The first-order chi connectivity index (χ1) is 17.7. The van der Waals surface area contributed by atoms with E-state index in [0.717, 1.165) is 0 Å². The van der Waals surface area contributed by atoms with Gasteiger partial charge in [0.2, 0.25) is 0 Å². The monoisotopic (exact) mass is 681 g/mol. The predicted molar refractivity (Wildman–Crippen MR) is 154 cm³/mol. The van der Waals surface area contributed by atoms with Gasteiger partial charge in [-0.1, -0.05) is 59.7 Å². The van der Waals surface area contributed by atoms with E-state index in [1.54, 1.807) is 61.0 Å². The first-order valence-corrected chi connectivity index (χ1v) is 16.2. The van der Waals surface area contributed by atoms with Gasteiger partial charge in [-0.25, -0.2) is 4.74 Å². The van der Waals surface area contributed by atoms with Crippen LogP contribution in [0.2, 0.25) is 0 Å². The van der Waals surface area contributed by atoms with Crippen LogP contribution in [0.3, 0.4) is 0 Å². The summed E-state index contributed by atoms with van der Waals surface area (Å²) < 4.78 is 32.1. The summed E-state index contributed by atoms with van der Waals surface area (Å²) in [5.74, 6) is 1.88. The fourth-order valence-electron chi connectivity index (χ4n) is 3.78. The van der Waals surface area contributed by atoms with Crippen molar-refractivity contribution in [3.63, 3.8) is 0 Å². The van der Waals surface area contributed by atoms with Crippen LogP contribution in [0.5, 0.6) is 0 Å². The Morgan fingerprint density at radius 2 is 0.875 bits per heavy atom. The summed E-state index contributed by atoms with van der Waals surface area (Å²) >= 11 is -0.530. The van der Waals surface area contributed by atoms with Gasteiger partial charge in [-0.05, 0) is 89.8 Å². The van der Waals surface area contributed by atoms with Crippen LogP contribution >= 0.6 is 0 Å². The van der Waals surface area contributed by atoms with Gasteiger partial charge in [-0.2, -0.15) is 0 Å². The van der Waals surface area contributed by atoms with Gasteiger partial charge < -0.3 is 29.2 Å². The topological polar surface area (TPSA) is 110 Å². The Labute approximate surface area is 282 Å². The first kappa shape index (κ1) is 45.0. The molecule has 0 radical (unpaired) electrons. The van der Waals surface area contributed by atoms with Gasteiger partial charge in [0.15, 0.2) is 0 Å². The summed E-state index contributed by atoms with van der Waals surface area (Å²) in [5.41, 5.74) is 4.62. The molecule has 1 aromatic carbocycles. The standard InChI is InChI=1S/C15H24.C14H30O7.CH2.Ar.Mo.HN/c1-10(2)13-8-7-9-14(11(3)4)15(13)12(5)6;1-9(2)17-13(15,18-10(3)4)21-14(16,19-11(5)6)20-12(7)8;;;;/h7-12H,1-6H3;9-12,15-16H,1-8H3;1H2;;;1H. The maximum atomic E-state index is 10.3. The molecule has 10 heteroatoms. The molecule has 0 atom stereocenters. The van der Waals surface area contributed by atoms with E-state index in [4.69, 9.17) is 27.6 Å². The fraction of sp³-hybridized carbons (Fsp3) is 0.767. The van der Waals surface area contributed by atoms with E-state index in [1.807, 2.05) is 0 Å². The van der Waals surface area contributed by atoms with Crippen LogP contribution in [-0.2, 0) is 41.6 Å². The average Bonchev–Trinajstić information content (AvgIpc) is 2.70. The Morgan fingerprint density at radius 1 is 0.625 bits per heavy atom. The van der Waals surface area contributed by atoms with Crippen LogP contribution in [0.1, 0.15) is 131 Å². The molecule has 1 aromatic rings. The molecule has 0 amide bonds. The van der Waals surface area contributed by atoms with Gasteiger partial charge in [0, 0.05) is 37.7 Å². The van der Waals surface area contributed by atoms with E-state index in [9.17, 15) is 10.2 Å². The number of ether oxygens (including phenoxy) is 5. The van der Waals surface area contributed by atoms with Crippen molar-refractivity contribution in [2.45, 2.75) is 151 Å². The number of hydrogen-bond donors (Lipinski definition) is 3. The van der Waals surface area contributed by atoms with Gasteiger partial charge in [0.1, 0.15) is 0 Å². The summed E-state index contributed by atoms with van der Waals surface area (Å²) in [7, 11) is 0. The van der Waals surface area contributed by atoms with E-state index < -0.39 is 54.7 Å². The molecule has 238 valence electrons. The van der Waals surface area contributed by atoms with Gasteiger partial charge in [0.05, 0.1) is 24.4 Å². The van der Waals surface area contributed by atoms with Crippen molar-refractivity contribution in [2.75, 3.05) is 0 Å². The van der Waals surface area contributed by atoms with Crippen LogP contribution in [0.25, 0.3) is 0 Å². The van der Waals surface area contributed by atoms with Crippen molar-refractivity contribution < 1.29 is 89.6 Å². The minimum atomic E-state index is -2.50. The molecule has 1 rings (SSSR count). The zero-order valence-electron chi connectivity index (χ0n) is 27.2. The van der Waals surface area contributed by atoms with Crippen molar-refractivity contribution >= 4 is 4.90 Å². The number of nitrogens with one attached hydrogen (secondary N) is 1. The molecule has 40 heavy (non-hydrogen) atoms. The van der Waals surface area contributed by atoms with E-state index in [-0.39, 0.29) is 37.7 Å². The third-order valence-electron chi connectivity index (χ3n) is 4.79. The number of hydrogen-bond acceptors (Lipinski definition) is 8. The van der Waals surface area contributed by atoms with Crippen LogP contribution in [-0.4, -0.2) is 51.9 Å². The summed E-state index contributed by atoms with van der Waals surface area (Å²) in [5, 5.41) is 20.7. The maximum absolute atomic E-state index is 10.3. The molecule has 3 N–H and O–H groups in total. The first-order valence-electron chi connectivity index (χ1n) is 13.8. The molecule has 0 aliphatic rings. The van der Waals surface area contributed by atoms with E-state index in [0.29, 0.717) is 17.8 Å². The molecule has 0 bridgehead atoms. The van der Waals surface area contributed by atoms with Crippen LogP contribution in [0.15, 0.2) is 18.2 Å². The van der Waals surface area contributed by atoms with Crippen molar-refractivity contribution in [1.82, 2.24) is 0 Å². The second-order valence-electron chi connectivity index (χ2n) is 11.3. The molecule has 0 fully saturated rings. The van der Waals surface area contributed by atoms with Gasteiger partial charge in [-0.3, -0.25) is 0 Å². The predicted octanol–water partition coefficient (Wildman–Crippen LogP) is 7.23. The zero-order valence-corrected chi connectivity index (χ0v) is 29.9. The van der Waals surface area contributed by atoms with Gasteiger partial charge in [0.25, 0.3) is 0 Å². The van der Waals surface area contributed by atoms with Crippen molar-refractivity contribution in [3.05, 3.63) is 34.9 Å². The molecule has 0 aliphatic heterocycles. The second kappa shape index (κ2) is 22.1. The fourth-order valence-corrected chi connectivity index (χ4v) is 3.78. The van der Waals surface area contributed by atoms with Crippen molar-refractivity contribution in [3.8, 4) is 0 Å². The molecule has 0 saturated heterocycles. The van der Waals surface area contributed by atoms with Gasteiger partial charge >= 0.3 is 39.1 Å². The third kappa shape index (κ3) is 19.7. The molecule has 8 nitrogen and oxygen atoms in total. The average molecular weight is 680 g/mol. The second-order valence-corrected chi connectivity index (χ2v) is 12.0. The number of aliphatic hydroxyl groups is 2. The van der Waals surface area contributed by atoms with E-state index in [2.05, 4.69) is 64.6 Å². The van der Waals surface area contributed by atoms with E-state index in [1.165, 1.54) is 11.1 Å². The summed E-state index contributed by atoms with van der Waals surface area (Å²) in [4.78, 5) is 3.28. The summed E-state index contributed by atoms with van der Waals surface area (Å²) in [6, 6.07) is 6.77. The van der Waals surface area contributed by atoms with Crippen LogP contribution < -0.4 is 0 Å². The molecular weight excluding hydrogens is 622 g/mol. The summed E-state index contributed by atoms with van der Waals surface area (Å²) in [6.45, 7) is 27.2. The molecular formula is C30H57ArMoNO7. The Hall–Kier alpha value is 0.558. The minimum absolute atomic E-state index is 0. The van der Waals surface area contributed by atoms with E-state index >= 15 is 0 Å². The number of benzene rings is 1. The Kier molecular flexibility index (Phi) is 24.9. The molecule has 0 spiro atoms. The van der Waals surface area contributed by atoms with Crippen LogP contribution in [0.4, 0.5) is 0 Å². The molecule has 0 aliphatic carbocycles. The molecule has 0 heterocycles. The Balaban J connectivity index is -0.000000631. The Morgan fingerprint density at radius 3 is 1.05 bits per heavy atom. The molecule has 0 aromatic heterocycles. The van der Waals surface area contributed by atoms with Crippen molar-refractivity contribution in [2.24, 2.45) is 0 Å². The normalized spacial score (nSPS) is 12.1. The zero-order chi connectivity index (χ0) is 31.1. The molecule has 0 saturated carbocycles. The third-order valence-corrected chi connectivity index (χ3v) is 4.79. The SMILES string of the molecule is CC(C)OC(O)(OC(C)C)OC(O)(OC(C)C)OC(C)C.CC(C)c1cccc(C(C)C)c1C(C)C.[Ar].[CH2]=[Mo]=[NH]. The number of rotatable bonds is 13. The molecule has 0 unspecified atom stereocenters.